The number of esters is 1. The summed E-state index contributed by atoms with van der Waals surface area (Å²) < 4.78 is 10.2. The van der Waals surface area contributed by atoms with Gasteiger partial charge in [-0.3, -0.25) is 0 Å². The van der Waals surface area contributed by atoms with Crippen LogP contribution in [0.1, 0.15) is 38.3 Å². The lowest BCUT2D eigenvalue weighted by Crippen LogP contribution is -2.44. The van der Waals surface area contributed by atoms with Crippen molar-refractivity contribution < 1.29 is 19.1 Å². The summed E-state index contributed by atoms with van der Waals surface area (Å²) in [4.78, 5) is 25.5. The second kappa shape index (κ2) is 12.2. The van der Waals surface area contributed by atoms with Crippen molar-refractivity contribution in [2.45, 2.75) is 50.2 Å². The second-order valence-corrected chi connectivity index (χ2v) is 12.3. The predicted molar refractivity (Wildman–Crippen MR) is 166 cm³/mol. The lowest BCUT2D eigenvalue weighted by molar-refractivity contribution is -0.143. The Hall–Kier alpha value is -4.03. The molecule has 0 radical (unpaired) electrons. The number of hydrogen-bond acceptors (Lipinski definition) is 5. The number of alkyl carbamates (subject to hydrolysis) is 1. The van der Waals surface area contributed by atoms with E-state index in [9.17, 15) is 9.59 Å². The van der Waals surface area contributed by atoms with Crippen molar-refractivity contribution in [3.63, 3.8) is 0 Å². The quantitative estimate of drug-likeness (QED) is 0.152. The van der Waals surface area contributed by atoms with Gasteiger partial charge >= 0.3 is 12.1 Å². The summed E-state index contributed by atoms with van der Waals surface area (Å²) in [6.07, 6.45) is 0.752. The molecule has 1 unspecified atom stereocenters. The highest BCUT2D eigenvalue weighted by molar-refractivity contribution is 7.99. The van der Waals surface area contributed by atoms with Gasteiger partial charge in [-0.1, -0.05) is 72.8 Å². The minimum atomic E-state index is -0.767. The molecule has 6 heteroatoms. The molecule has 4 aromatic carbocycles. The highest BCUT2D eigenvalue weighted by Crippen LogP contribution is 2.42. The van der Waals surface area contributed by atoms with Crippen LogP contribution in [0.15, 0.2) is 95.9 Å². The summed E-state index contributed by atoms with van der Waals surface area (Å²) in [5.41, 5.74) is 9.62. The highest BCUT2D eigenvalue weighted by Gasteiger charge is 2.25. The Labute approximate surface area is 246 Å². The molecule has 1 aliphatic rings. The van der Waals surface area contributed by atoms with Crippen LogP contribution in [-0.4, -0.2) is 36.6 Å². The topological polar surface area (TPSA) is 64.6 Å². The first-order valence-corrected chi connectivity index (χ1v) is 14.8. The van der Waals surface area contributed by atoms with Gasteiger partial charge in [0, 0.05) is 10.6 Å². The number of methoxy groups -OCH3 is 1. The minimum Gasteiger partial charge on any atom is -0.467 e. The van der Waals surface area contributed by atoms with Crippen LogP contribution in [0.25, 0.3) is 33.4 Å². The summed E-state index contributed by atoms with van der Waals surface area (Å²) >= 11 is 1.63. The standard InChI is InChI=1S/C35H35NO4S/c1-35(2,3)40-34(38)36-32(33(37)39-4)19-20-41-27-17-15-23(16-18-27)24-10-7-11-25(21-24)29-13-8-14-30-28-12-6-5-9-26(28)22-31(29)30/h5-18,21,32H,19-20,22H2,1-4H3,(H,36,38). The van der Waals surface area contributed by atoms with Crippen LogP contribution < -0.4 is 5.32 Å². The summed E-state index contributed by atoms with van der Waals surface area (Å²) in [6.45, 7) is 5.34. The molecule has 0 saturated heterocycles. The molecule has 5 nitrogen and oxygen atoms in total. The van der Waals surface area contributed by atoms with Crippen LogP contribution in [0.4, 0.5) is 4.79 Å². The van der Waals surface area contributed by atoms with Gasteiger partial charge < -0.3 is 14.8 Å². The normalized spacial score (nSPS) is 12.7. The maximum Gasteiger partial charge on any atom is 0.408 e. The average Bonchev–Trinajstić information content (AvgIpc) is 3.35. The van der Waals surface area contributed by atoms with Crippen molar-refractivity contribution in [1.82, 2.24) is 5.32 Å². The van der Waals surface area contributed by atoms with E-state index in [0.717, 1.165) is 16.9 Å². The molecule has 0 bridgehead atoms. The van der Waals surface area contributed by atoms with Gasteiger partial charge in [0.25, 0.3) is 0 Å². The van der Waals surface area contributed by atoms with Crippen molar-refractivity contribution in [3.8, 4) is 33.4 Å². The first kappa shape index (κ1) is 28.5. The zero-order chi connectivity index (χ0) is 29.0. The lowest BCUT2D eigenvalue weighted by atomic mass is 9.93. The van der Waals surface area contributed by atoms with Gasteiger partial charge in [-0.2, -0.15) is 0 Å². The SMILES string of the molecule is COC(=O)C(CCSc1ccc(-c2cccc(-c3cccc4c3Cc3ccccc3-4)c2)cc1)NC(=O)OC(C)(C)C. The van der Waals surface area contributed by atoms with E-state index >= 15 is 0 Å². The first-order chi connectivity index (χ1) is 19.7. The monoisotopic (exact) mass is 565 g/mol. The van der Waals surface area contributed by atoms with Gasteiger partial charge in [0.05, 0.1) is 7.11 Å². The number of amides is 1. The second-order valence-electron chi connectivity index (χ2n) is 11.1. The number of nitrogens with one attached hydrogen (secondary N) is 1. The number of benzene rings is 4. The van der Waals surface area contributed by atoms with Gasteiger partial charge in [0.1, 0.15) is 11.6 Å². The van der Waals surface area contributed by atoms with E-state index in [-0.39, 0.29) is 0 Å². The van der Waals surface area contributed by atoms with E-state index in [4.69, 9.17) is 9.47 Å². The molecule has 0 spiro atoms. The molecule has 5 rings (SSSR count). The fourth-order valence-corrected chi connectivity index (χ4v) is 6.09. The number of rotatable bonds is 8. The maximum absolute atomic E-state index is 12.2. The molecule has 1 aliphatic carbocycles. The predicted octanol–water partition coefficient (Wildman–Crippen LogP) is 8.14. The molecule has 0 heterocycles. The van der Waals surface area contributed by atoms with Crippen LogP contribution in [0.3, 0.4) is 0 Å². The molecule has 1 amide bonds. The molecule has 1 atom stereocenters. The largest absolute Gasteiger partial charge is 0.467 e. The van der Waals surface area contributed by atoms with Crippen LogP contribution in [-0.2, 0) is 20.7 Å². The van der Waals surface area contributed by atoms with Crippen molar-refractivity contribution in [2.75, 3.05) is 12.9 Å². The Morgan fingerprint density at radius 1 is 0.829 bits per heavy atom. The number of thioether (sulfide) groups is 1. The van der Waals surface area contributed by atoms with Crippen molar-refractivity contribution in [2.24, 2.45) is 0 Å². The third-order valence-corrected chi connectivity index (χ3v) is 8.11. The Morgan fingerprint density at radius 2 is 1.51 bits per heavy atom. The van der Waals surface area contributed by atoms with Gasteiger partial charge in [-0.05, 0) is 96.3 Å². The van der Waals surface area contributed by atoms with Gasteiger partial charge in [-0.25, -0.2) is 9.59 Å². The van der Waals surface area contributed by atoms with Gasteiger partial charge in [-0.15, -0.1) is 11.8 Å². The fraction of sp³-hybridized carbons (Fsp3) is 0.257. The average molecular weight is 566 g/mol. The number of hydrogen-bond donors (Lipinski definition) is 1. The number of carbonyl (C=O) groups excluding carboxylic acids is 2. The van der Waals surface area contributed by atoms with Gasteiger partial charge in [0.15, 0.2) is 0 Å². The van der Waals surface area contributed by atoms with Gasteiger partial charge in [0.2, 0.25) is 0 Å². The van der Waals surface area contributed by atoms with E-state index < -0.39 is 23.7 Å². The minimum absolute atomic E-state index is 0.422. The molecule has 0 saturated carbocycles. The molecule has 0 fully saturated rings. The molecule has 0 aromatic heterocycles. The van der Waals surface area contributed by atoms with E-state index in [1.807, 2.05) is 0 Å². The summed E-state index contributed by atoms with van der Waals surface area (Å²) in [7, 11) is 1.32. The van der Waals surface area contributed by atoms with Crippen LogP contribution >= 0.6 is 11.8 Å². The Balaban J connectivity index is 1.24. The van der Waals surface area contributed by atoms with E-state index in [2.05, 4.69) is 96.3 Å². The summed E-state index contributed by atoms with van der Waals surface area (Å²) in [5.74, 6) is 0.144. The molecule has 210 valence electrons. The Bertz CT molecular complexity index is 1560. The first-order valence-electron chi connectivity index (χ1n) is 13.8. The summed E-state index contributed by atoms with van der Waals surface area (Å²) in [6, 6.07) is 31.7. The third-order valence-electron chi connectivity index (χ3n) is 7.06. The van der Waals surface area contributed by atoms with E-state index in [1.165, 1.54) is 46.1 Å². The number of carbonyl (C=O) groups is 2. The fourth-order valence-electron chi connectivity index (χ4n) is 5.17. The Morgan fingerprint density at radius 3 is 2.27 bits per heavy atom. The molecule has 1 N–H and O–H groups in total. The van der Waals surface area contributed by atoms with Crippen molar-refractivity contribution >= 4 is 23.8 Å². The van der Waals surface area contributed by atoms with Crippen molar-refractivity contribution in [3.05, 3.63) is 102 Å². The molecule has 4 aromatic rings. The smallest absolute Gasteiger partial charge is 0.408 e. The highest BCUT2D eigenvalue weighted by atomic mass is 32.2. The zero-order valence-corrected chi connectivity index (χ0v) is 24.7. The van der Waals surface area contributed by atoms with Crippen LogP contribution in [0.5, 0.6) is 0 Å². The third kappa shape index (κ3) is 6.83. The summed E-state index contributed by atoms with van der Waals surface area (Å²) in [5, 5.41) is 2.63. The molecular weight excluding hydrogens is 530 g/mol. The maximum atomic E-state index is 12.2. The lowest BCUT2D eigenvalue weighted by Gasteiger charge is -2.22. The van der Waals surface area contributed by atoms with Crippen LogP contribution in [0, 0.1) is 0 Å². The molecule has 0 aliphatic heterocycles. The molecular formula is C35H35NO4S. The zero-order valence-electron chi connectivity index (χ0n) is 23.9. The van der Waals surface area contributed by atoms with E-state index in [1.54, 1.807) is 32.5 Å². The van der Waals surface area contributed by atoms with E-state index in [0.29, 0.717) is 12.2 Å². The number of ether oxygens (including phenoxy) is 2. The van der Waals surface area contributed by atoms with Crippen LogP contribution in [0.2, 0.25) is 0 Å². The molecule has 41 heavy (non-hydrogen) atoms. The van der Waals surface area contributed by atoms with Crippen molar-refractivity contribution in [1.29, 1.82) is 0 Å². The number of fused-ring (bicyclic) bond motifs is 3. The Kier molecular flexibility index (Phi) is 8.50.